The number of aromatic nitrogens is 5. The van der Waals surface area contributed by atoms with Crippen molar-refractivity contribution in [2.45, 2.75) is 26.8 Å². The van der Waals surface area contributed by atoms with Crippen LogP contribution >= 0.6 is 11.6 Å². The van der Waals surface area contributed by atoms with Gasteiger partial charge in [0, 0.05) is 18.1 Å². The Morgan fingerprint density at radius 1 is 1.12 bits per heavy atom. The predicted octanol–water partition coefficient (Wildman–Crippen LogP) is 3.41. The highest BCUT2D eigenvalue weighted by molar-refractivity contribution is 6.31. The van der Waals surface area contributed by atoms with Crippen LogP contribution in [0.2, 0.25) is 5.02 Å². The molecular formula is C18H21ClN6. The van der Waals surface area contributed by atoms with E-state index in [1.54, 1.807) is 11.0 Å². The van der Waals surface area contributed by atoms with E-state index in [1.165, 1.54) is 6.42 Å². The molecule has 4 rings (SSSR count). The summed E-state index contributed by atoms with van der Waals surface area (Å²) in [6.45, 7) is 7.10. The summed E-state index contributed by atoms with van der Waals surface area (Å²) in [6.07, 6.45) is 2.86. The molecule has 0 amide bonds. The Labute approximate surface area is 151 Å². The molecule has 0 bridgehead atoms. The number of halogens is 1. The summed E-state index contributed by atoms with van der Waals surface area (Å²) in [7, 11) is 0. The third kappa shape index (κ3) is 3.18. The second kappa shape index (κ2) is 6.59. The van der Waals surface area contributed by atoms with Crippen LogP contribution in [-0.2, 0) is 6.54 Å². The van der Waals surface area contributed by atoms with Gasteiger partial charge in [-0.1, -0.05) is 48.9 Å². The Hall–Kier alpha value is -2.21. The van der Waals surface area contributed by atoms with Crippen molar-refractivity contribution in [1.29, 1.82) is 0 Å². The summed E-state index contributed by atoms with van der Waals surface area (Å²) >= 11 is 6.27. The molecule has 0 N–H and O–H groups in total. The number of fused-ring (bicyclic) bond motifs is 1. The number of hydrogen-bond acceptors (Lipinski definition) is 5. The zero-order chi connectivity index (χ0) is 17.4. The van der Waals surface area contributed by atoms with Gasteiger partial charge in [0.05, 0.1) is 6.54 Å². The van der Waals surface area contributed by atoms with Gasteiger partial charge in [0.25, 0.3) is 0 Å². The Morgan fingerprint density at radius 2 is 1.88 bits per heavy atom. The van der Waals surface area contributed by atoms with Gasteiger partial charge in [0.15, 0.2) is 17.0 Å². The number of hydrogen-bond donors (Lipinski definition) is 0. The van der Waals surface area contributed by atoms with Gasteiger partial charge in [0.2, 0.25) is 0 Å². The lowest BCUT2D eigenvalue weighted by Crippen LogP contribution is -2.39. The lowest BCUT2D eigenvalue weighted by molar-refractivity contribution is 0.355. The summed E-state index contributed by atoms with van der Waals surface area (Å²) in [4.78, 5) is 11.2. The Kier molecular flexibility index (Phi) is 4.29. The van der Waals surface area contributed by atoms with Gasteiger partial charge in [-0.15, -0.1) is 5.10 Å². The first-order valence-corrected chi connectivity index (χ1v) is 9.02. The van der Waals surface area contributed by atoms with Crippen molar-refractivity contribution < 1.29 is 0 Å². The van der Waals surface area contributed by atoms with Crippen LogP contribution in [0.15, 0.2) is 30.6 Å². The van der Waals surface area contributed by atoms with Crippen molar-refractivity contribution in [3.05, 3.63) is 41.2 Å². The van der Waals surface area contributed by atoms with Gasteiger partial charge in [-0.3, -0.25) is 0 Å². The fraction of sp³-hybridized carbons (Fsp3) is 0.444. The molecule has 3 heterocycles. The first kappa shape index (κ1) is 16.3. The quantitative estimate of drug-likeness (QED) is 0.719. The average molecular weight is 357 g/mol. The minimum absolute atomic E-state index is 0.541. The monoisotopic (exact) mass is 356 g/mol. The van der Waals surface area contributed by atoms with E-state index in [9.17, 15) is 0 Å². The lowest BCUT2D eigenvalue weighted by atomic mass is 9.92. The van der Waals surface area contributed by atoms with Crippen LogP contribution < -0.4 is 4.90 Å². The number of anilines is 1. The third-order valence-corrected chi connectivity index (χ3v) is 5.10. The Morgan fingerprint density at radius 3 is 2.64 bits per heavy atom. The van der Waals surface area contributed by atoms with Crippen molar-refractivity contribution in [2.24, 2.45) is 11.8 Å². The molecular weight excluding hydrogens is 336 g/mol. The Balaban J connectivity index is 1.70. The van der Waals surface area contributed by atoms with Crippen LogP contribution in [0.5, 0.6) is 0 Å². The minimum Gasteiger partial charge on any atom is -0.354 e. The molecule has 0 aliphatic carbocycles. The molecule has 25 heavy (non-hydrogen) atoms. The van der Waals surface area contributed by atoms with E-state index in [-0.39, 0.29) is 0 Å². The van der Waals surface area contributed by atoms with E-state index in [4.69, 9.17) is 11.6 Å². The van der Waals surface area contributed by atoms with E-state index in [0.29, 0.717) is 18.4 Å². The zero-order valence-corrected chi connectivity index (χ0v) is 15.2. The minimum atomic E-state index is 0.541. The molecule has 1 fully saturated rings. The van der Waals surface area contributed by atoms with Gasteiger partial charge in [0.1, 0.15) is 6.33 Å². The third-order valence-electron chi connectivity index (χ3n) is 4.73. The van der Waals surface area contributed by atoms with Crippen LogP contribution in [0.1, 0.15) is 25.8 Å². The first-order chi connectivity index (χ1) is 12.1. The molecule has 130 valence electrons. The molecule has 6 nitrogen and oxygen atoms in total. The molecule has 2 unspecified atom stereocenters. The Bertz CT molecular complexity index is 882. The summed E-state index contributed by atoms with van der Waals surface area (Å²) in [6, 6.07) is 7.76. The largest absolute Gasteiger partial charge is 0.354 e. The van der Waals surface area contributed by atoms with Crippen LogP contribution in [0.25, 0.3) is 11.2 Å². The molecule has 1 aliphatic rings. The molecule has 0 saturated carbocycles. The molecule has 2 atom stereocenters. The zero-order valence-electron chi connectivity index (χ0n) is 14.4. The SMILES string of the molecule is CC1CC(C)CN(c2ncnc3c2nnn3Cc2ccccc2Cl)C1. The van der Waals surface area contributed by atoms with Gasteiger partial charge in [-0.05, 0) is 29.9 Å². The van der Waals surface area contributed by atoms with Crippen LogP contribution in [-0.4, -0.2) is 38.1 Å². The molecule has 0 spiro atoms. The van der Waals surface area contributed by atoms with Gasteiger partial charge < -0.3 is 4.90 Å². The molecule has 3 aromatic rings. The molecule has 2 aromatic heterocycles. The van der Waals surface area contributed by atoms with Gasteiger partial charge >= 0.3 is 0 Å². The average Bonchev–Trinajstić information content (AvgIpc) is 2.99. The van der Waals surface area contributed by atoms with Crippen LogP contribution in [0, 0.1) is 11.8 Å². The molecule has 1 aliphatic heterocycles. The second-order valence-corrected chi connectivity index (χ2v) is 7.47. The van der Waals surface area contributed by atoms with E-state index < -0.39 is 0 Å². The van der Waals surface area contributed by atoms with Crippen molar-refractivity contribution in [1.82, 2.24) is 25.0 Å². The normalized spacial score (nSPS) is 21.0. The summed E-state index contributed by atoms with van der Waals surface area (Å²) in [5, 5.41) is 9.40. The highest BCUT2D eigenvalue weighted by Gasteiger charge is 2.25. The van der Waals surface area contributed by atoms with Crippen molar-refractivity contribution in [3.63, 3.8) is 0 Å². The topological polar surface area (TPSA) is 59.7 Å². The number of benzene rings is 1. The number of nitrogens with zero attached hydrogens (tertiary/aromatic N) is 6. The highest BCUT2D eigenvalue weighted by atomic mass is 35.5. The smallest absolute Gasteiger partial charge is 0.184 e. The van der Waals surface area contributed by atoms with Crippen molar-refractivity contribution in [3.8, 4) is 0 Å². The van der Waals surface area contributed by atoms with E-state index in [0.717, 1.165) is 40.7 Å². The number of piperidine rings is 1. The van der Waals surface area contributed by atoms with Crippen LogP contribution in [0.3, 0.4) is 0 Å². The van der Waals surface area contributed by atoms with Crippen LogP contribution in [0.4, 0.5) is 5.82 Å². The van der Waals surface area contributed by atoms with Gasteiger partial charge in [-0.2, -0.15) is 0 Å². The summed E-state index contributed by atoms with van der Waals surface area (Å²) in [5.41, 5.74) is 2.50. The maximum absolute atomic E-state index is 6.27. The lowest BCUT2D eigenvalue weighted by Gasteiger charge is -2.35. The standard InChI is InChI=1S/C18H21ClN6/c1-12-7-13(2)9-24(8-12)17-16-18(21-11-20-17)25(23-22-16)10-14-5-3-4-6-15(14)19/h3-6,11-13H,7-10H2,1-2H3. The molecule has 1 saturated heterocycles. The van der Waals surface area contributed by atoms with Crippen molar-refractivity contribution in [2.75, 3.05) is 18.0 Å². The number of rotatable bonds is 3. The van der Waals surface area contributed by atoms with E-state index in [2.05, 4.69) is 39.0 Å². The summed E-state index contributed by atoms with van der Waals surface area (Å²) < 4.78 is 1.79. The van der Waals surface area contributed by atoms with Crippen molar-refractivity contribution >= 4 is 28.6 Å². The fourth-order valence-electron chi connectivity index (χ4n) is 3.74. The first-order valence-electron chi connectivity index (χ1n) is 8.64. The molecule has 0 radical (unpaired) electrons. The maximum atomic E-state index is 6.27. The second-order valence-electron chi connectivity index (χ2n) is 7.06. The van der Waals surface area contributed by atoms with E-state index in [1.807, 2.05) is 24.3 Å². The maximum Gasteiger partial charge on any atom is 0.184 e. The van der Waals surface area contributed by atoms with E-state index >= 15 is 0 Å². The highest BCUT2D eigenvalue weighted by Crippen LogP contribution is 2.28. The molecule has 7 heteroatoms. The fourth-order valence-corrected chi connectivity index (χ4v) is 3.94. The van der Waals surface area contributed by atoms with Gasteiger partial charge in [-0.25, -0.2) is 14.6 Å². The molecule has 1 aromatic carbocycles. The summed E-state index contributed by atoms with van der Waals surface area (Å²) in [5.74, 6) is 2.17. The predicted molar refractivity (Wildman–Crippen MR) is 98.8 cm³/mol.